The first kappa shape index (κ1) is 35.7. The second-order valence-corrected chi connectivity index (χ2v) is 16.4. The zero-order valence-electron chi connectivity index (χ0n) is 31.8. The molecule has 0 aliphatic carbocycles. The van der Waals surface area contributed by atoms with Crippen LogP contribution < -0.4 is 0 Å². The quantitative estimate of drug-likeness (QED) is 0.143. The molecule has 0 amide bonds. The van der Waals surface area contributed by atoms with E-state index in [1.54, 1.807) is 0 Å². The van der Waals surface area contributed by atoms with Crippen molar-refractivity contribution in [2.24, 2.45) is 8.14 Å². The number of halogens is 1. The van der Waals surface area contributed by atoms with Crippen LogP contribution in [0.3, 0.4) is 0 Å². The Morgan fingerprint density at radius 1 is 0.379 bits per heavy atom. The van der Waals surface area contributed by atoms with Crippen molar-refractivity contribution >= 4 is 46.9 Å². The van der Waals surface area contributed by atoms with Gasteiger partial charge in [-0.3, -0.25) is 0 Å². The highest BCUT2D eigenvalue weighted by molar-refractivity contribution is 14.2. The standard InChI is InChI=1S/C53H37IN4/c1-2-47-50(39-14-5-3-6-15-39)56-53(41-16-7-4-8-17-41)57-51(47)46-33-44(37-23-21-36(22-24-37)43-30-27-35-13-9-10-18-42(35)31-43)32-45(34-46)38-25-28-40(29-26-38)52-54-58-49-20-12-11-19-48(49)55-52/h3-34H,2H2,1H3. The van der Waals surface area contributed by atoms with Gasteiger partial charge >= 0.3 is 0 Å². The molecule has 0 saturated carbocycles. The Bertz CT molecular complexity index is 3010. The van der Waals surface area contributed by atoms with Crippen molar-refractivity contribution in [1.29, 1.82) is 0 Å². The molecule has 2 heterocycles. The number of hydrogen-bond acceptors (Lipinski definition) is 4. The Labute approximate surface area is 348 Å². The van der Waals surface area contributed by atoms with Crippen molar-refractivity contribution in [2.45, 2.75) is 13.3 Å². The SMILES string of the molecule is CCc1c(-c2ccccc2)nc(-c2ccccc2)nc1-c1cc(-c2ccc(C3=Nc4ccccc4N=I3)cc2)cc(-c2ccc(-c3ccc4ccccc4c3)cc2)c1. The highest BCUT2D eigenvalue weighted by atomic mass is 127. The van der Waals surface area contributed by atoms with Crippen LogP contribution in [-0.4, -0.2) is 13.7 Å². The molecule has 0 saturated heterocycles. The molecule has 0 radical (unpaired) electrons. The van der Waals surface area contributed by atoms with Crippen LogP contribution in [0.25, 0.3) is 78.1 Å². The first-order valence-corrected chi connectivity index (χ1v) is 21.6. The summed E-state index contributed by atoms with van der Waals surface area (Å²) in [4.78, 5) is 15.6. The van der Waals surface area contributed by atoms with Gasteiger partial charge in [-0.1, -0.05) is 165 Å². The van der Waals surface area contributed by atoms with E-state index < -0.39 is 21.0 Å². The van der Waals surface area contributed by atoms with Gasteiger partial charge in [-0.2, -0.15) is 0 Å². The molecule has 1 aliphatic heterocycles. The minimum atomic E-state index is -0.576. The molecule has 0 bridgehead atoms. The van der Waals surface area contributed by atoms with Gasteiger partial charge in [-0.15, -0.1) is 0 Å². The van der Waals surface area contributed by atoms with Gasteiger partial charge in [0.25, 0.3) is 0 Å². The highest BCUT2D eigenvalue weighted by Gasteiger charge is 2.19. The summed E-state index contributed by atoms with van der Waals surface area (Å²) < 4.78 is 5.99. The summed E-state index contributed by atoms with van der Waals surface area (Å²) in [6.07, 6.45) is 0.780. The minimum Gasteiger partial charge on any atom is -0.238 e. The van der Waals surface area contributed by atoms with E-state index in [1.807, 2.05) is 42.5 Å². The molecule has 0 atom stereocenters. The molecule has 58 heavy (non-hydrogen) atoms. The Morgan fingerprint density at radius 2 is 0.879 bits per heavy atom. The van der Waals surface area contributed by atoms with Crippen LogP contribution in [0.1, 0.15) is 18.1 Å². The fourth-order valence-electron chi connectivity index (χ4n) is 7.68. The smallest absolute Gasteiger partial charge is 0.160 e. The Hall–Kier alpha value is -6.70. The number of rotatable bonds is 8. The van der Waals surface area contributed by atoms with E-state index >= 15 is 0 Å². The van der Waals surface area contributed by atoms with Crippen molar-refractivity contribution in [3.63, 3.8) is 0 Å². The van der Waals surface area contributed by atoms with Gasteiger partial charge in [0.1, 0.15) is 3.72 Å². The number of aliphatic imine (C=N–C) groups is 1. The van der Waals surface area contributed by atoms with Gasteiger partial charge in [0.2, 0.25) is 0 Å². The first-order chi connectivity index (χ1) is 28.7. The van der Waals surface area contributed by atoms with Crippen LogP contribution in [0.2, 0.25) is 0 Å². The van der Waals surface area contributed by atoms with Gasteiger partial charge in [-0.05, 0) is 87.0 Å². The van der Waals surface area contributed by atoms with E-state index in [0.29, 0.717) is 5.82 Å². The lowest BCUT2D eigenvalue weighted by atomic mass is 9.91. The third-order valence-corrected chi connectivity index (χ3v) is 12.8. The summed E-state index contributed by atoms with van der Waals surface area (Å²) in [5, 5.41) is 2.49. The largest absolute Gasteiger partial charge is 0.238 e. The van der Waals surface area contributed by atoms with E-state index in [9.17, 15) is 0 Å². The van der Waals surface area contributed by atoms with Gasteiger partial charge in [0.15, 0.2) is 5.82 Å². The summed E-state index contributed by atoms with van der Waals surface area (Å²) in [7, 11) is 0. The van der Waals surface area contributed by atoms with Crippen molar-refractivity contribution in [3.05, 3.63) is 205 Å². The zero-order valence-corrected chi connectivity index (χ0v) is 34.0. The van der Waals surface area contributed by atoms with Crippen LogP contribution in [0.4, 0.5) is 11.4 Å². The fraction of sp³-hybridized carbons (Fsp3) is 0.0377. The van der Waals surface area contributed by atoms with Gasteiger partial charge in [0, 0.05) is 27.8 Å². The fourth-order valence-corrected chi connectivity index (χ4v) is 9.59. The molecule has 9 aromatic rings. The van der Waals surface area contributed by atoms with Crippen LogP contribution in [-0.2, 0) is 6.42 Å². The van der Waals surface area contributed by atoms with Crippen molar-refractivity contribution in [2.75, 3.05) is 0 Å². The molecule has 1 aliphatic rings. The summed E-state index contributed by atoms with van der Waals surface area (Å²) in [5.41, 5.74) is 16.1. The molecular formula is C53H37IN4. The maximum absolute atomic E-state index is 5.38. The normalized spacial score (nSPS) is 12.1. The Kier molecular flexibility index (Phi) is 9.65. The molecule has 276 valence electrons. The Balaban J connectivity index is 1.12. The molecule has 0 spiro atoms. The summed E-state index contributed by atoms with van der Waals surface area (Å²) in [6.45, 7) is 2.20. The number of aromatic nitrogens is 2. The van der Waals surface area contributed by atoms with E-state index in [-0.39, 0.29) is 0 Å². The molecule has 10 rings (SSSR count). The molecule has 0 fully saturated rings. The lowest BCUT2D eigenvalue weighted by Gasteiger charge is -2.17. The van der Waals surface area contributed by atoms with Crippen molar-refractivity contribution in [1.82, 2.24) is 9.97 Å². The third-order valence-electron chi connectivity index (χ3n) is 10.7. The number of hydrogen-bond donors (Lipinski definition) is 0. The van der Waals surface area contributed by atoms with Crippen LogP contribution in [0.5, 0.6) is 0 Å². The number of fused-ring (bicyclic) bond motifs is 2. The number of benzene rings is 8. The van der Waals surface area contributed by atoms with Crippen LogP contribution in [0, 0.1) is 0 Å². The van der Waals surface area contributed by atoms with Crippen molar-refractivity contribution < 1.29 is 0 Å². The minimum absolute atomic E-state index is 0.576. The van der Waals surface area contributed by atoms with E-state index in [2.05, 4.69) is 159 Å². The Morgan fingerprint density at radius 3 is 1.53 bits per heavy atom. The summed E-state index contributed by atoms with van der Waals surface area (Å²) in [6, 6.07) is 68.9. The first-order valence-electron chi connectivity index (χ1n) is 19.6. The molecule has 0 N–H and O–H groups in total. The highest BCUT2D eigenvalue weighted by Crippen LogP contribution is 2.40. The van der Waals surface area contributed by atoms with Crippen molar-refractivity contribution in [3.8, 4) is 67.3 Å². The molecule has 0 unspecified atom stereocenters. The number of para-hydroxylation sites is 1. The second-order valence-electron chi connectivity index (χ2n) is 14.4. The second kappa shape index (κ2) is 15.7. The monoisotopic (exact) mass is 856 g/mol. The van der Waals surface area contributed by atoms with Gasteiger partial charge in [0.05, 0.1) is 43.8 Å². The lowest BCUT2D eigenvalue weighted by molar-refractivity contribution is 1.06. The molecular weight excluding hydrogens is 820 g/mol. The number of nitrogens with zero attached hydrogens (tertiary/aromatic N) is 4. The van der Waals surface area contributed by atoms with Crippen LogP contribution >= 0.6 is 21.0 Å². The molecule has 1 aromatic heterocycles. The third kappa shape index (κ3) is 7.10. The van der Waals surface area contributed by atoms with E-state index in [0.717, 1.165) is 83.0 Å². The summed E-state index contributed by atoms with van der Waals surface area (Å²) >= 11 is -0.576. The predicted octanol–water partition coefficient (Wildman–Crippen LogP) is 15.1. The average Bonchev–Trinajstić information content (AvgIpc) is 3.31. The van der Waals surface area contributed by atoms with Gasteiger partial charge in [-0.25, -0.2) is 18.1 Å². The van der Waals surface area contributed by atoms with E-state index in [4.69, 9.17) is 18.1 Å². The predicted molar refractivity (Wildman–Crippen MR) is 250 cm³/mol. The maximum atomic E-state index is 5.38. The maximum Gasteiger partial charge on any atom is 0.160 e. The van der Waals surface area contributed by atoms with Crippen LogP contribution in [0.15, 0.2) is 202 Å². The van der Waals surface area contributed by atoms with Gasteiger partial charge < -0.3 is 0 Å². The zero-order chi connectivity index (χ0) is 38.8. The average molecular weight is 857 g/mol. The summed E-state index contributed by atoms with van der Waals surface area (Å²) in [5.74, 6) is 0.714. The van der Waals surface area contributed by atoms with E-state index in [1.165, 1.54) is 21.9 Å². The lowest BCUT2D eigenvalue weighted by Crippen LogP contribution is -2.03. The molecule has 5 heteroatoms. The molecule has 8 aromatic carbocycles. The topological polar surface area (TPSA) is 50.5 Å². The molecule has 4 nitrogen and oxygen atoms in total.